The summed E-state index contributed by atoms with van der Waals surface area (Å²) < 4.78 is 24.3. The molecule has 1 N–H and O–H groups in total. The number of carbonyl (C=O) groups is 2. The zero-order valence-corrected chi connectivity index (χ0v) is 13.5. The Kier molecular flexibility index (Phi) is 4.55. The molecule has 120 valence electrons. The van der Waals surface area contributed by atoms with Gasteiger partial charge in [-0.1, -0.05) is 30.3 Å². The summed E-state index contributed by atoms with van der Waals surface area (Å²) >= 11 is 0. The van der Waals surface area contributed by atoms with Crippen molar-refractivity contribution in [3.05, 3.63) is 35.9 Å². The smallest absolute Gasteiger partial charge is 0.259 e. The molecule has 0 spiro atoms. The van der Waals surface area contributed by atoms with E-state index in [2.05, 4.69) is 0 Å². The number of rotatable bonds is 5. The Morgan fingerprint density at radius 2 is 1.91 bits per heavy atom. The molecule has 0 radical (unpaired) electrons. The number of amides is 2. The number of benzene rings is 1. The topological polar surface area (TPSA) is 83.6 Å². The fourth-order valence-electron chi connectivity index (χ4n) is 2.50. The molecule has 1 fully saturated rings. The quantitative estimate of drug-likeness (QED) is 0.863. The summed E-state index contributed by atoms with van der Waals surface area (Å²) in [6, 6.07) is 9.62. The normalized spacial score (nSPS) is 21.1. The number of nitrogens with one attached hydrogen (secondary N) is 1. The maximum atomic E-state index is 12.3. The third-order valence-electron chi connectivity index (χ3n) is 3.96. The maximum absolute atomic E-state index is 12.3. The number of aryl methyl sites for hydroxylation is 1. The summed E-state index contributed by atoms with van der Waals surface area (Å²) in [7, 11) is -3.62. The van der Waals surface area contributed by atoms with Gasteiger partial charge in [-0.3, -0.25) is 14.3 Å². The van der Waals surface area contributed by atoms with Gasteiger partial charge in [0.2, 0.25) is 15.9 Å². The van der Waals surface area contributed by atoms with Crippen molar-refractivity contribution in [2.45, 2.75) is 31.7 Å². The lowest BCUT2D eigenvalue weighted by atomic mass is 9.85. The molecule has 0 aromatic heterocycles. The lowest BCUT2D eigenvalue weighted by Gasteiger charge is -2.48. The molecule has 1 aromatic rings. The van der Waals surface area contributed by atoms with Crippen LogP contribution in [0.15, 0.2) is 30.3 Å². The first kappa shape index (κ1) is 16.5. The van der Waals surface area contributed by atoms with Gasteiger partial charge in [0.15, 0.2) is 0 Å². The monoisotopic (exact) mass is 324 g/mol. The molecule has 1 saturated heterocycles. The summed E-state index contributed by atoms with van der Waals surface area (Å²) in [6.45, 7) is 2.07. The van der Waals surface area contributed by atoms with Crippen molar-refractivity contribution in [1.29, 1.82) is 0 Å². The molecule has 1 atom stereocenters. The Labute approximate surface area is 130 Å². The van der Waals surface area contributed by atoms with Crippen molar-refractivity contribution in [3.8, 4) is 0 Å². The van der Waals surface area contributed by atoms with Crippen LogP contribution < -0.4 is 4.72 Å². The highest BCUT2D eigenvalue weighted by molar-refractivity contribution is 7.89. The number of sulfonamides is 1. The average Bonchev–Trinajstić information content (AvgIpc) is 2.42. The van der Waals surface area contributed by atoms with E-state index in [-0.39, 0.29) is 5.91 Å². The molecule has 22 heavy (non-hydrogen) atoms. The summed E-state index contributed by atoms with van der Waals surface area (Å²) in [5.41, 5.74) is -0.0182. The van der Waals surface area contributed by atoms with Crippen LogP contribution in [-0.2, 0) is 26.0 Å². The van der Waals surface area contributed by atoms with Gasteiger partial charge in [-0.15, -0.1) is 0 Å². The van der Waals surface area contributed by atoms with Crippen LogP contribution in [0.5, 0.6) is 0 Å². The van der Waals surface area contributed by atoms with Gasteiger partial charge >= 0.3 is 0 Å². The summed E-state index contributed by atoms with van der Waals surface area (Å²) in [4.78, 5) is 25.8. The molecule has 0 bridgehead atoms. The van der Waals surface area contributed by atoms with Crippen molar-refractivity contribution in [2.24, 2.45) is 0 Å². The number of carbonyl (C=O) groups excluding carboxylic acids is 2. The molecular weight excluding hydrogens is 304 g/mol. The Bertz CT molecular complexity index is 672. The molecule has 1 aliphatic heterocycles. The number of hydrogen-bond acceptors (Lipinski definition) is 4. The lowest BCUT2D eigenvalue weighted by molar-refractivity contribution is -0.156. The minimum Gasteiger partial charge on any atom is -0.328 e. The van der Waals surface area contributed by atoms with Crippen LogP contribution in [0, 0.1) is 0 Å². The van der Waals surface area contributed by atoms with Crippen LogP contribution in [0.3, 0.4) is 0 Å². The molecule has 2 amide bonds. The van der Waals surface area contributed by atoms with Crippen molar-refractivity contribution < 1.29 is 18.0 Å². The fraction of sp³-hybridized carbons (Fsp3) is 0.467. The van der Waals surface area contributed by atoms with Gasteiger partial charge in [-0.2, -0.15) is 0 Å². The molecule has 7 heteroatoms. The molecule has 0 aliphatic carbocycles. The number of likely N-dealkylation sites (tertiary alicyclic amines) is 1. The second-order valence-corrected chi connectivity index (χ2v) is 7.51. The first-order valence-corrected chi connectivity index (χ1v) is 8.98. The Balaban J connectivity index is 1.97. The van der Waals surface area contributed by atoms with Crippen molar-refractivity contribution in [1.82, 2.24) is 9.62 Å². The van der Waals surface area contributed by atoms with E-state index in [1.54, 1.807) is 6.92 Å². The first-order valence-electron chi connectivity index (χ1n) is 7.09. The summed E-state index contributed by atoms with van der Waals surface area (Å²) in [5, 5.41) is 0. The zero-order valence-electron chi connectivity index (χ0n) is 12.7. The van der Waals surface area contributed by atoms with Gasteiger partial charge in [0.25, 0.3) is 5.91 Å². The third kappa shape index (κ3) is 3.65. The lowest BCUT2D eigenvalue weighted by Crippen LogP contribution is -2.67. The van der Waals surface area contributed by atoms with Crippen LogP contribution >= 0.6 is 0 Å². The van der Waals surface area contributed by atoms with Crippen LogP contribution in [-0.4, -0.2) is 43.5 Å². The van der Waals surface area contributed by atoms with E-state index in [9.17, 15) is 18.0 Å². The summed E-state index contributed by atoms with van der Waals surface area (Å²) in [5.74, 6) is -0.782. The summed E-state index contributed by atoms with van der Waals surface area (Å²) in [6.07, 6.45) is 2.28. The van der Waals surface area contributed by atoms with E-state index < -0.39 is 21.5 Å². The molecule has 0 saturated carbocycles. The minimum absolute atomic E-state index is 0.138. The van der Waals surface area contributed by atoms with Crippen molar-refractivity contribution in [2.75, 3.05) is 12.8 Å². The number of hydrogen-bond donors (Lipinski definition) is 1. The molecule has 6 nitrogen and oxygen atoms in total. The molecule has 1 aliphatic rings. The molecule has 1 aromatic carbocycles. The van der Waals surface area contributed by atoms with Gasteiger partial charge in [0.1, 0.15) is 5.54 Å². The average molecular weight is 324 g/mol. The fourth-order valence-corrected chi connectivity index (χ4v) is 3.06. The predicted octanol–water partition coefficient (Wildman–Crippen LogP) is 0.686. The largest absolute Gasteiger partial charge is 0.328 e. The molecular formula is C15H20N2O4S. The highest BCUT2D eigenvalue weighted by Crippen LogP contribution is 2.31. The van der Waals surface area contributed by atoms with Crippen LogP contribution in [0.2, 0.25) is 0 Å². The Morgan fingerprint density at radius 3 is 2.41 bits per heavy atom. The van der Waals surface area contributed by atoms with E-state index in [0.29, 0.717) is 25.8 Å². The van der Waals surface area contributed by atoms with Crippen LogP contribution in [0.25, 0.3) is 0 Å². The minimum atomic E-state index is -3.62. The SMILES string of the molecule is CC1(C(=O)NS(C)(=O)=O)CCN1C(=O)CCc1ccccc1. The number of nitrogens with zero attached hydrogens (tertiary/aromatic N) is 1. The first-order chi connectivity index (χ1) is 10.2. The Hall–Kier alpha value is -1.89. The molecule has 1 heterocycles. The van der Waals surface area contributed by atoms with E-state index in [1.165, 1.54) is 4.90 Å². The predicted molar refractivity (Wildman–Crippen MR) is 82.5 cm³/mol. The van der Waals surface area contributed by atoms with Crippen molar-refractivity contribution >= 4 is 21.8 Å². The standard InChI is InChI=1S/C15H20N2O4S/c1-15(14(19)16-22(2,20)21)10-11-17(15)13(18)9-8-12-6-4-3-5-7-12/h3-7H,8-11H2,1-2H3,(H,16,19). The van der Waals surface area contributed by atoms with Gasteiger partial charge in [-0.05, 0) is 25.3 Å². The zero-order chi connectivity index (χ0) is 16.4. The second-order valence-electron chi connectivity index (χ2n) is 5.76. The van der Waals surface area contributed by atoms with Crippen LogP contribution in [0.4, 0.5) is 0 Å². The molecule has 1 unspecified atom stereocenters. The van der Waals surface area contributed by atoms with Gasteiger partial charge < -0.3 is 4.90 Å². The highest BCUT2D eigenvalue weighted by atomic mass is 32.2. The van der Waals surface area contributed by atoms with Gasteiger partial charge in [-0.25, -0.2) is 8.42 Å². The van der Waals surface area contributed by atoms with E-state index in [1.807, 2.05) is 35.1 Å². The van der Waals surface area contributed by atoms with Crippen LogP contribution in [0.1, 0.15) is 25.3 Å². The second kappa shape index (κ2) is 6.08. The highest BCUT2D eigenvalue weighted by Gasteiger charge is 2.49. The maximum Gasteiger partial charge on any atom is 0.259 e. The van der Waals surface area contributed by atoms with E-state index >= 15 is 0 Å². The van der Waals surface area contributed by atoms with E-state index in [0.717, 1.165) is 11.8 Å². The van der Waals surface area contributed by atoms with E-state index in [4.69, 9.17) is 0 Å². The molecule has 2 rings (SSSR count). The Morgan fingerprint density at radius 1 is 1.27 bits per heavy atom. The van der Waals surface area contributed by atoms with Crippen molar-refractivity contribution in [3.63, 3.8) is 0 Å². The van der Waals surface area contributed by atoms with Gasteiger partial charge in [0.05, 0.1) is 6.26 Å². The van der Waals surface area contributed by atoms with Gasteiger partial charge in [0, 0.05) is 13.0 Å². The third-order valence-corrected chi connectivity index (χ3v) is 4.51.